The van der Waals surface area contributed by atoms with Gasteiger partial charge in [-0.15, -0.1) is 0 Å². The van der Waals surface area contributed by atoms with E-state index in [2.05, 4.69) is 73.7 Å². The highest BCUT2D eigenvalue weighted by Gasteiger charge is 2.13. The molecule has 0 spiro atoms. The number of aryl methyl sites for hydroxylation is 1. The predicted molar refractivity (Wildman–Crippen MR) is 96.6 cm³/mol. The van der Waals surface area contributed by atoms with Crippen LogP contribution in [-0.2, 0) is 0 Å². The fourth-order valence-corrected chi connectivity index (χ4v) is 3.49. The standard InChI is InChI=1S/C21H15Cl/c1-14-17-9-5-6-10-18(17)19-12-11-16(22)13-20(19)21(14)15-7-3-2-4-8-15/h2-13H,1H3. The average Bonchev–Trinajstić information content (AvgIpc) is 2.56. The summed E-state index contributed by atoms with van der Waals surface area (Å²) in [5.74, 6) is 0. The van der Waals surface area contributed by atoms with E-state index in [1.807, 2.05) is 6.07 Å². The van der Waals surface area contributed by atoms with Crippen LogP contribution >= 0.6 is 11.6 Å². The summed E-state index contributed by atoms with van der Waals surface area (Å²) in [7, 11) is 0. The zero-order valence-corrected chi connectivity index (χ0v) is 13.1. The summed E-state index contributed by atoms with van der Waals surface area (Å²) in [4.78, 5) is 0. The molecular formula is C21H15Cl. The Morgan fingerprint density at radius 2 is 1.27 bits per heavy atom. The van der Waals surface area contributed by atoms with Gasteiger partial charge in [0.25, 0.3) is 0 Å². The summed E-state index contributed by atoms with van der Waals surface area (Å²) >= 11 is 6.28. The number of rotatable bonds is 1. The summed E-state index contributed by atoms with van der Waals surface area (Å²) in [5, 5.41) is 5.83. The number of halogens is 1. The van der Waals surface area contributed by atoms with Crippen molar-refractivity contribution < 1.29 is 0 Å². The van der Waals surface area contributed by atoms with E-state index < -0.39 is 0 Å². The van der Waals surface area contributed by atoms with E-state index in [1.54, 1.807) is 0 Å². The Morgan fingerprint density at radius 1 is 0.636 bits per heavy atom. The lowest BCUT2D eigenvalue weighted by atomic mass is 9.89. The summed E-state index contributed by atoms with van der Waals surface area (Å²) in [6, 6.07) is 25.3. The van der Waals surface area contributed by atoms with Crippen molar-refractivity contribution in [1.82, 2.24) is 0 Å². The van der Waals surface area contributed by atoms with E-state index in [0.29, 0.717) is 0 Å². The first-order chi connectivity index (χ1) is 10.8. The Balaban J connectivity index is 2.26. The van der Waals surface area contributed by atoms with Gasteiger partial charge in [0.2, 0.25) is 0 Å². The SMILES string of the molecule is Cc1c(-c2ccccc2)c2cc(Cl)ccc2c2ccccc12. The lowest BCUT2D eigenvalue weighted by Crippen LogP contribution is -1.90. The third-order valence-corrected chi connectivity index (χ3v) is 4.54. The van der Waals surface area contributed by atoms with E-state index in [0.717, 1.165) is 5.02 Å². The van der Waals surface area contributed by atoms with Crippen LogP contribution in [0.2, 0.25) is 5.02 Å². The Labute approximate surface area is 135 Å². The van der Waals surface area contributed by atoms with E-state index in [1.165, 1.54) is 38.2 Å². The van der Waals surface area contributed by atoms with E-state index in [4.69, 9.17) is 11.6 Å². The molecule has 0 saturated heterocycles. The van der Waals surface area contributed by atoms with Crippen LogP contribution in [0.25, 0.3) is 32.7 Å². The molecule has 0 nitrogen and oxygen atoms in total. The molecule has 0 radical (unpaired) electrons. The van der Waals surface area contributed by atoms with Crippen molar-refractivity contribution in [3.8, 4) is 11.1 Å². The zero-order chi connectivity index (χ0) is 15.1. The van der Waals surface area contributed by atoms with Gasteiger partial charge >= 0.3 is 0 Å². The van der Waals surface area contributed by atoms with Crippen molar-refractivity contribution in [2.24, 2.45) is 0 Å². The van der Waals surface area contributed by atoms with Crippen LogP contribution in [-0.4, -0.2) is 0 Å². The van der Waals surface area contributed by atoms with Gasteiger partial charge in [0, 0.05) is 5.02 Å². The highest BCUT2D eigenvalue weighted by molar-refractivity contribution is 6.32. The van der Waals surface area contributed by atoms with Crippen LogP contribution < -0.4 is 0 Å². The molecule has 0 atom stereocenters. The van der Waals surface area contributed by atoms with Crippen molar-refractivity contribution >= 4 is 33.1 Å². The molecule has 4 rings (SSSR count). The normalized spacial score (nSPS) is 11.2. The first kappa shape index (κ1) is 13.4. The number of hydrogen-bond acceptors (Lipinski definition) is 0. The molecule has 0 unspecified atom stereocenters. The molecule has 0 saturated carbocycles. The molecule has 4 aromatic carbocycles. The fourth-order valence-electron chi connectivity index (χ4n) is 3.32. The van der Waals surface area contributed by atoms with Crippen molar-refractivity contribution in [3.05, 3.63) is 83.4 Å². The van der Waals surface area contributed by atoms with Crippen molar-refractivity contribution in [2.45, 2.75) is 6.92 Å². The van der Waals surface area contributed by atoms with E-state index >= 15 is 0 Å². The monoisotopic (exact) mass is 302 g/mol. The second-order valence-corrected chi connectivity index (χ2v) is 6.04. The maximum Gasteiger partial charge on any atom is 0.0412 e. The van der Waals surface area contributed by atoms with Gasteiger partial charge in [-0.3, -0.25) is 0 Å². The van der Waals surface area contributed by atoms with E-state index in [-0.39, 0.29) is 0 Å². The molecule has 1 heteroatoms. The van der Waals surface area contributed by atoms with Crippen LogP contribution in [0, 0.1) is 6.92 Å². The van der Waals surface area contributed by atoms with Crippen molar-refractivity contribution in [2.75, 3.05) is 0 Å². The molecule has 0 aromatic heterocycles. The average molecular weight is 303 g/mol. The molecule has 106 valence electrons. The third-order valence-electron chi connectivity index (χ3n) is 4.31. The lowest BCUT2D eigenvalue weighted by Gasteiger charge is -2.15. The molecule has 0 amide bonds. The van der Waals surface area contributed by atoms with Crippen molar-refractivity contribution in [1.29, 1.82) is 0 Å². The second kappa shape index (κ2) is 5.15. The van der Waals surface area contributed by atoms with E-state index in [9.17, 15) is 0 Å². The highest BCUT2D eigenvalue weighted by Crippen LogP contribution is 2.39. The number of hydrogen-bond donors (Lipinski definition) is 0. The molecule has 0 fully saturated rings. The van der Waals surface area contributed by atoms with Gasteiger partial charge in [0.1, 0.15) is 0 Å². The largest absolute Gasteiger partial charge is 0.0843 e. The molecule has 0 aliphatic rings. The maximum absolute atomic E-state index is 6.28. The van der Waals surface area contributed by atoms with Crippen molar-refractivity contribution in [3.63, 3.8) is 0 Å². The Morgan fingerprint density at radius 3 is 2.05 bits per heavy atom. The van der Waals surface area contributed by atoms with Gasteiger partial charge in [-0.2, -0.15) is 0 Å². The molecule has 0 aliphatic heterocycles. The Bertz CT molecular complexity index is 985. The van der Waals surface area contributed by atoms with Gasteiger partial charge in [0.15, 0.2) is 0 Å². The van der Waals surface area contributed by atoms with Crippen LogP contribution in [0.1, 0.15) is 5.56 Å². The molecular weight excluding hydrogens is 288 g/mol. The quantitative estimate of drug-likeness (QED) is 0.346. The van der Waals surface area contributed by atoms with Gasteiger partial charge in [0.05, 0.1) is 0 Å². The Hall–Kier alpha value is -2.31. The molecule has 0 bridgehead atoms. The minimum atomic E-state index is 0.777. The summed E-state index contributed by atoms with van der Waals surface area (Å²) in [5.41, 5.74) is 3.81. The summed E-state index contributed by atoms with van der Waals surface area (Å²) < 4.78 is 0. The number of fused-ring (bicyclic) bond motifs is 3. The summed E-state index contributed by atoms with van der Waals surface area (Å²) in [6.07, 6.45) is 0. The van der Waals surface area contributed by atoms with Gasteiger partial charge in [-0.25, -0.2) is 0 Å². The smallest absolute Gasteiger partial charge is 0.0412 e. The Kier molecular flexibility index (Phi) is 3.13. The molecule has 22 heavy (non-hydrogen) atoms. The molecule has 0 N–H and O–H groups in total. The van der Waals surface area contributed by atoms with Crippen LogP contribution in [0.5, 0.6) is 0 Å². The second-order valence-electron chi connectivity index (χ2n) is 5.60. The predicted octanol–water partition coefficient (Wildman–Crippen LogP) is 6.62. The molecule has 4 aromatic rings. The van der Waals surface area contributed by atoms with Crippen LogP contribution in [0.4, 0.5) is 0 Å². The fraction of sp³-hybridized carbons (Fsp3) is 0.0476. The van der Waals surface area contributed by atoms with Crippen LogP contribution in [0.15, 0.2) is 72.8 Å². The van der Waals surface area contributed by atoms with Gasteiger partial charge < -0.3 is 0 Å². The minimum Gasteiger partial charge on any atom is -0.0843 e. The first-order valence-electron chi connectivity index (χ1n) is 7.42. The number of benzene rings is 4. The van der Waals surface area contributed by atoms with Crippen LogP contribution in [0.3, 0.4) is 0 Å². The lowest BCUT2D eigenvalue weighted by molar-refractivity contribution is 1.53. The minimum absolute atomic E-state index is 0.777. The molecule has 0 heterocycles. The topological polar surface area (TPSA) is 0 Å². The van der Waals surface area contributed by atoms with Gasteiger partial charge in [-0.1, -0.05) is 72.3 Å². The highest BCUT2D eigenvalue weighted by atomic mass is 35.5. The zero-order valence-electron chi connectivity index (χ0n) is 12.3. The first-order valence-corrected chi connectivity index (χ1v) is 7.79. The summed E-state index contributed by atoms with van der Waals surface area (Å²) in [6.45, 7) is 2.20. The maximum atomic E-state index is 6.28. The molecule has 0 aliphatic carbocycles. The third kappa shape index (κ3) is 2.00. The van der Waals surface area contributed by atoms with Gasteiger partial charge in [-0.05, 0) is 57.3 Å².